The Morgan fingerprint density at radius 2 is 2.18 bits per heavy atom. The molecule has 0 atom stereocenters. The van der Waals surface area contributed by atoms with Gasteiger partial charge in [0.15, 0.2) is 5.69 Å². The maximum absolute atomic E-state index is 10.9. The monoisotopic (exact) mass is 225 g/mol. The van der Waals surface area contributed by atoms with Crippen molar-refractivity contribution < 1.29 is 9.53 Å². The van der Waals surface area contributed by atoms with Gasteiger partial charge in [-0.05, 0) is 13.0 Å². The molecule has 0 heterocycles. The minimum atomic E-state index is -0.398. The molecule has 0 radical (unpaired) electrons. The molecule has 0 spiro atoms. The van der Waals surface area contributed by atoms with Crippen LogP contribution in [-0.2, 0) is 9.53 Å². The van der Waals surface area contributed by atoms with Crippen LogP contribution in [-0.4, -0.2) is 12.6 Å². The molecule has 1 aromatic carbocycles. The van der Waals surface area contributed by atoms with Crippen LogP contribution < -0.4 is 0 Å². The van der Waals surface area contributed by atoms with Gasteiger partial charge < -0.3 is 4.74 Å². The predicted octanol–water partition coefficient (Wildman–Crippen LogP) is 2.71. The van der Waals surface area contributed by atoms with Gasteiger partial charge in [0, 0.05) is 11.6 Å². The Hall–Kier alpha value is -2.52. The number of hydrogen-bond acceptors (Lipinski definition) is 2. The zero-order valence-electron chi connectivity index (χ0n) is 9.43. The smallest absolute Gasteiger partial charge is 0.331 e. The van der Waals surface area contributed by atoms with Crippen LogP contribution in [0.25, 0.3) is 4.85 Å². The van der Waals surface area contributed by atoms with E-state index in [9.17, 15) is 4.79 Å². The molecule has 3 heteroatoms. The molecule has 0 aliphatic rings. The Morgan fingerprint density at radius 1 is 1.47 bits per heavy atom. The van der Waals surface area contributed by atoms with Crippen molar-refractivity contribution in [2.24, 2.45) is 0 Å². The lowest BCUT2D eigenvalue weighted by molar-refractivity contribution is -0.137. The fourth-order valence-corrected chi connectivity index (χ4v) is 1.04. The van der Waals surface area contributed by atoms with E-state index in [0.29, 0.717) is 12.3 Å². The molecule has 0 aliphatic carbocycles. The molecule has 0 amide bonds. The third-order valence-corrected chi connectivity index (χ3v) is 1.80. The SMILES string of the molecule is [C-]#[N+]c1ccc(C#C/C=C\C(=O)OCC)cc1. The normalized spacial score (nSPS) is 9.18. The van der Waals surface area contributed by atoms with Crippen molar-refractivity contribution in [3.05, 3.63) is 53.4 Å². The highest BCUT2D eigenvalue weighted by Gasteiger charge is 1.91. The molecular formula is C14H11NO2. The highest BCUT2D eigenvalue weighted by Crippen LogP contribution is 2.11. The fourth-order valence-electron chi connectivity index (χ4n) is 1.04. The number of carbonyl (C=O) groups excluding carboxylic acids is 1. The van der Waals surface area contributed by atoms with Gasteiger partial charge in [-0.1, -0.05) is 36.1 Å². The van der Waals surface area contributed by atoms with Crippen molar-refractivity contribution in [2.75, 3.05) is 6.61 Å². The lowest BCUT2D eigenvalue weighted by atomic mass is 10.2. The van der Waals surface area contributed by atoms with Crippen molar-refractivity contribution in [3.63, 3.8) is 0 Å². The molecule has 0 aliphatic heterocycles. The van der Waals surface area contributed by atoms with E-state index in [2.05, 4.69) is 16.7 Å². The Bertz CT molecular complexity index is 510. The molecule has 0 saturated carbocycles. The second kappa shape index (κ2) is 6.87. The first-order valence-corrected chi connectivity index (χ1v) is 5.08. The van der Waals surface area contributed by atoms with E-state index in [-0.39, 0.29) is 0 Å². The Morgan fingerprint density at radius 3 is 2.76 bits per heavy atom. The Balaban J connectivity index is 2.60. The van der Waals surface area contributed by atoms with Gasteiger partial charge in [-0.15, -0.1) is 0 Å². The van der Waals surface area contributed by atoms with Crippen LogP contribution in [0.5, 0.6) is 0 Å². The van der Waals surface area contributed by atoms with Gasteiger partial charge in [-0.2, -0.15) is 0 Å². The third kappa shape index (κ3) is 4.68. The van der Waals surface area contributed by atoms with Crippen LogP contribution in [0.1, 0.15) is 12.5 Å². The van der Waals surface area contributed by atoms with E-state index in [1.807, 2.05) is 0 Å². The van der Waals surface area contributed by atoms with Crippen LogP contribution in [0.4, 0.5) is 5.69 Å². The minimum absolute atomic E-state index is 0.356. The lowest BCUT2D eigenvalue weighted by Crippen LogP contribution is -1.98. The highest BCUT2D eigenvalue weighted by molar-refractivity contribution is 5.82. The predicted molar refractivity (Wildman–Crippen MR) is 65.4 cm³/mol. The van der Waals surface area contributed by atoms with Gasteiger partial charge in [-0.3, -0.25) is 0 Å². The van der Waals surface area contributed by atoms with E-state index < -0.39 is 5.97 Å². The first-order chi connectivity index (χ1) is 8.26. The van der Waals surface area contributed by atoms with Gasteiger partial charge in [0.05, 0.1) is 13.2 Å². The standard InChI is InChI=1S/C14H11NO2/c1-3-17-14(16)7-5-4-6-12-8-10-13(15-2)11-9-12/h5,7-11H,3H2,1H3/b7-5-. The van der Waals surface area contributed by atoms with E-state index in [4.69, 9.17) is 11.3 Å². The van der Waals surface area contributed by atoms with Gasteiger partial charge in [-0.25, -0.2) is 9.64 Å². The summed E-state index contributed by atoms with van der Waals surface area (Å²) in [5.74, 6) is 5.17. The number of esters is 1. The highest BCUT2D eigenvalue weighted by atomic mass is 16.5. The molecule has 0 fully saturated rings. The summed E-state index contributed by atoms with van der Waals surface area (Å²) < 4.78 is 4.70. The number of carbonyl (C=O) groups is 1. The number of ether oxygens (including phenoxy) is 1. The topological polar surface area (TPSA) is 30.7 Å². The lowest BCUT2D eigenvalue weighted by Gasteiger charge is -1.92. The molecule has 0 N–H and O–H groups in total. The van der Waals surface area contributed by atoms with Crippen LogP contribution in [0.3, 0.4) is 0 Å². The Kier molecular flexibility index (Phi) is 5.07. The maximum Gasteiger partial charge on any atom is 0.331 e. The summed E-state index contributed by atoms with van der Waals surface area (Å²) in [5.41, 5.74) is 1.38. The van der Waals surface area contributed by atoms with Crippen molar-refractivity contribution in [1.29, 1.82) is 0 Å². The van der Waals surface area contributed by atoms with E-state index in [1.165, 1.54) is 12.2 Å². The molecule has 0 aromatic heterocycles. The summed E-state index contributed by atoms with van der Waals surface area (Å²) in [6.07, 6.45) is 2.73. The molecular weight excluding hydrogens is 214 g/mol. The average Bonchev–Trinajstić information content (AvgIpc) is 2.36. The van der Waals surface area contributed by atoms with Gasteiger partial charge in [0.25, 0.3) is 0 Å². The second-order valence-corrected chi connectivity index (χ2v) is 3.01. The first-order valence-electron chi connectivity index (χ1n) is 5.08. The molecule has 1 aromatic rings. The third-order valence-electron chi connectivity index (χ3n) is 1.80. The van der Waals surface area contributed by atoms with E-state index in [0.717, 1.165) is 5.56 Å². The van der Waals surface area contributed by atoms with Crippen molar-refractivity contribution >= 4 is 11.7 Å². The quantitative estimate of drug-likeness (QED) is 0.335. The number of nitrogens with zero attached hydrogens (tertiary/aromatic N) is 1. The molecule has 3 nitrogen and oxygen atoms in total. The number of hydrogen-bond donors (Lipinski definition) is 0. The number of allylic oxidation sites excluding steroid dienone is 1. The summed E-state index contributed by atoms with van der Waals surface area (Å²) >= 11 is 0. The summed E-state index contributed by atoms with van der Waals surface area (Å²) in [6, 6.07) is 6.93. The minimum Gasteiger partial charge on any atom is -0.463 e. The van der Waals surface area contributed by atoms with Crippen LogP contribution in [0, 0.1) is 18.4 Å². The average molecular weight is 225 g/mol. The zero-order chi connectivity index (χ0) is 12.5. The van der Waals surface area contributed by atoms with Crippen molar-refractivity contribution in [3.8, 4) is 11.8 Å². The van der Waals surface area contributed by atoms with Gasteiger partial charge >= 0.3 is 5.97 Å². The number of benzene rings is 1. The van der Waals surface area contributed by atoms with Crippen LogP contribution in [0.2, 0.25) is 0 Å². The second-order valence-electron chi connectivity index (χ2n) is 3.01. The van der Waals surface area contributed by atoms with Crippen LogP contribution >= 0.6 is 0 Å². The number of rotatable bonds is 2. The molecule has 0 unspecified atom stereocenters. The van der Waals surface area contributed by atoms with E-state index >= 15 is 0 Å². The molecule has 84 valence electrons. The molecule has 0 saturated heterocycles. The van der Waals surface area contributed by atoms with Crippen LogP contribution in [0.15, 0.2) is 36.4 Å². The van der Waals surface area contributed by atoms with Crippen molar-refractivity contribution in [1.82, 2.24) is 0 Å². The molecule has 17 heavy (non-hydrogen) atoms. The molecule has 0 bridgehead atoms. The maximum atomic E-state index is 10.9. The fraction of sp³-hybridized carbons (Fsp3) is 0.143. The summed E-state index contributed by atoms with van der Waals surface area (Å²) in [4.78, 5) is 14.2. The summed E-state index contributed by atoms with van der Waals surface area (Å²) in [5, 5.41) is 0. The summed E-state index contributed by atoms with van der Waals surface area (Å²) in [6.45, 7) is 8.90. The van der Waals surface area contributed by atoms with Gasteiger partial charge in [0.2, 0.25) is 0 Å². The summed E-state index contributed by atoms with van der Waals surface area (Å²) in [7, 11) is 0. The Labute approximate surface area is 101 Å². The van der Waals surface area contributed by atoms with E-state index in [1.54, 1.807) is 31.2 Å². The van der Waals surface area contributed by atoms with Crippen molar-refractivity contribution in [2.45, 2.75) is 6.92 Å². The zero-order valence-corrected chi connectivity index (χ0v) is 9.43. The first kappa shape index (κ1) is 12.5. The molecule has 1 rings (SSSR count). The van der Waals surface area contributed by atoms with Gasteiger partial charge in [0.1, 0.15) is 0 Å². The largest absolute Gasteiger partial charge is 0.463 e.